The van der Waals surface area contributed by atoms with Gasteiger partial charge in [0.2, 0.25) is 0 Å². The smallest absolute Gasteiger partial charge is 0.163 e. The van der Waals surface area contributed by atoms with Crippen LogP contribution in [0.1, 0.15) is 34.8 Å². The summed E-state index contributed by atoms with van der Waals surface area (Å²) < 4.78 is 0. The number of benzene rings is 1. The molecule has 0 aliphatic heterocycles. The normalized spacial score (nSPS) is 10.1. The minimum Gasteiger partial charge on any atom is -0.294 e. The van der Waals surface area contributed by atoms with Gasteiger partial charge in [0, 0.05) is 17.9 Å². The quantitative estimate of drug-likeness (QED) is 0.536. The van der Waals surface area contributed by atoms with Gasteiger partial charge in [0.05, 0.1) is 0 Å². The van der Waals surface area contributed by atoms with Crippen molar-refractivity contribution in [3.05, 3.63) is 34.9 Å². The van der Waals surface area contributed by atoms with Crippen LogP contribution in [-0.4, -0.2) is 5.78 Å². The van der Waals surface area contributed by atoms with Crippen LogP contribution in [0.15, 0.2) is 18.2 Å². The predicted molar refractivity (Wildman–Crippen MR) is 55.4 cm³/mol. The summed E-state index contributed by atoms with van der Waals surface area (Å²) in [4.78, 5) is 11.6. The molecule has 1 aromatic carbocycles. The number of carbonyl (C=O) groups excluding carboxylic acids is 1. The fraction of sp³-hybridized carbons (Fsp3) is 0.364. The van der Waals surface area contributed by atoms with Crippen molar-refractivity contribution in [1.29, 1.82) is 0 Å². The lowest BCUT2D eigenvalue weighted by molar-refractivity contribution is 0.0987. The first-order valence-corrected chi connectivity index (χ1v) is 4.91. The molecule has 0 amide bonds. The SMILES string of the molecule is CCC(=O)c1c(C)cccc1CCl. The van der Waals surface area contributed by atoms with Crippen LogP contribution in [0.5, 0.6) is 0 Å². The molecule has 0 aliphatic carbocycles. The number of aryl methyl sites for hydroxylation is 1. The third-order valence-corrected chi connectivity index (χ3v) is 2.39. The van der Waals surface area contributed by atoms with Gasteiger partial charge in [-0.25, -0.2) is 0 Å². The maximum atomic E-state index is 11.6. The van der Waals surface area contributed by atoms with E-state index in [1.807, 2.05) is 32.0 Å². The Morgan fingerprint density at radius 1 is 1.46 bits per heavy atom. The second-order valence-electron chi connectivity index (χ2n) is 3.02. The Morgan fingerprint density at radius 3 is 2.69 bits per heavy atom. The van der Waals surface area contributed by atoms with Crippen LogP contribution in [0.4, 0.5) is 0 Å². The number of hydrogen-bond acceptors (Lipinski definition) is 1. The summed E-state index contributed by atoms with van der Waals surface area (Å²) in [5.74, 6) is 0.580. The lowest BCUT2D eigenvalue weighted by Crippen LogP contribution is -2.03. The molecule has 0 N–H and O–H groups in total. The summed E-state index contributed by atoms with van der Waals surface area (Å²) in [6, 6.07) is 5.78. The molecule has 0 spiro atoms. The summed E-state index contributed by atoms with van der Waals surface area (Å²) in [7, 11) is 0. The lowest BCUT2D eigenvalue weighted by Gasteiger charge is -2.07. The van der Waals surface area contributed by atoms with E-state index in [9.17, 15) is 4.79 Å². The summed E-state index contributed by atoms with van der Waals surface area (Å²) in [5, 5.41) is 0. The Morgan fingerprint density at radius 2 is 2.15 bits per heavy atom. The number of carbonyl (C=O) groups is 1. The number of rotatable bonds is 3. The molecule has 0 radical (unpaired) electrons. The molecular formula is C11H13ClO. The molecule has 0 atom stereocenters. The van der Waals surface area contributed by atoms with E-state index < -0.39 is 0 Å². The van der Waals surface area contributed by atoms with E-state index in [1.54, 1.807) is 0 Å². The van der Waals surface area contributed by atoms with Gasteiger partial charge in [0.1, 0.15) is 0 Å². The molecule has 70 valence electrons. The highest BCUT2D eigenvalue weighted by Crippen LogP contribution is 2.17. The van der Waals surface area contributed by atoms with Gasteiger partial charge < -0.3 is 0 Å². The predicted octanol–water partition coefficient (Wildman–Crippen LogP) is 3.33. The van der Waals surface area contributed by atoms with E-state index in [1.165, 1.54) is 0 Å². The molecule has 0 fully saturated rings. The van der Waals surface area contributed by atoms with E-state index in [2.05, 4.69) is 0 Å². The molecule has 13 heavy (non-hydrogen) atoms. The van der Waals surface area contributed by atoms with Crippen molar-refractivity contribution < 1.29 is 4.79 Å². The molecular weight excluding hydrogens is 184 g/mol. The average molecular weight is 197 g/mol. The van der Waals surface area contributed by atoms with Crippen molar-refractivity contribution in [2.45, 2.75) is 26.1 Å². The minimum atomic E-state index is 0.175. The Bertz CT molecular complexity index is 318. The monoisotopic (exact) mass is 196 g/mol. The zero-order chi connectivity index (χ0) is 9.84. The van der Waals surface area contributed by atoms with Gasteiger partial charge in [-0.2, -0.15) is 0 Å². The Labute approximate surface area is 83.7 Å². The van der Waals surface area contributed by atoms with Crippen LogP contribution in [0.25, 0.3) is 0 Å². The van der Waals surface area contributed by atoms with E-state index in [4.69, 9.17) is 11.6 Å². The van der Waals surface area contributed by atoms with Gasteiger partial charge in [0.15, 0.2) is 5.78 Å². The first-order valence-electron chi connectivity index (χ1n) is 4.38. The highest BCUT2D eigenvalue weighted by molar-refractivity contribution is 6.18. The fourth-order valence-corrected chi connectivity index (χ4v) is 1.64. The minimum absolute atomic E-state index is 0.175. The Hall–Kier alpha value is -0.820. The van der Waals surface area contributed by atoms with Crippen LogP contribution in [0, 0.1) is 6.92 Å². The van der Waals surface area contributed by atoms with Crippen molar-refractivity contribution in [1.82, 2.24) is 0 Å². The second kappa shape index (κ2) is 4.43. The molecule has 0 saturated carbocycles. The summed E-state index contributed by atoms with van der Waals surface area (Å²) in [6.07, 6.45) is 0.536. The van der Waals surface area contributed by atoms with Crippen molar-refractivity contribution in [2.75, 3.05) is 0 Å². The molecule has 1 aromatic rings. The summed E-state index contributed by atoms with van der Waals surface area (Å²) in [5.41, 5.74) is 2.76. The van der Waals surface area contributed by atoms with Crippen LogP contribution < -0.4 is 0 Å². The van der Waals surface area contributed by atoms with Gasteiger partial charge in [0.25, 0.3) is 0 Å². The zero-order valence-electron chi connectivity index (χ0n) is 7.93. The highest BCUT2D eigenvalue weighted by Gasteiger charge is 2.10. The van der Waals surface area contributed by atoms with Crippen molar-refractivity contribution in [3.8, 4) is 0 Å². The summed E-state index contributed by atoms with van der Waals surface area (Å²) in [6.45, 7) is 3.81. The van der Waals surface area contributed by atoms with Gasteiger partial charge in [-0.05, 0) is 18.1 Å². The van der Waals surface area contributed by atoms with Gasteiger partial charge >= 0.3 is 0 Å². The third-order valence-electron chi connectivity index (χ3n) is 2.10. The Kier molecular flexibility index (Phi) is 3.49. The van der Waals surface area contributed by atoms with Crippen LogP contribution in [0.3, 0.4) is 0 Å². The molecule has 0 saturated heterocycles. The fourth-order valence-electron chi connectivity index (χ4n) is 1.42. The van der Waals surface area contributed by atoms with E-state index in [0.717, 1.165) is 16.7 Å². The molecule has 1 rings (SSSR count). The first-order chi connectivity index (χ1) is 6.20. The topological polar surface area (TPSA) is 17.1 Å². The van der Waals surface area contributed by atoms with Crippen LogP contribution in [0.2, 0.25) is 0 Å². The number of alkyl halides is 1. The van der Waals surface area contributed by atoms with Crippen LogP contribution in [-0.2, 0) is 5.88 Å². The lowest BCUT2D eigenvalue weighted by atomic mass is 9.98. The van der Waals surface area contributed by atoms with Crippen LogP contribution >= 0.6 is 11.6 Å². The maximum absolute atomic E-state index is 11.6. The third kappa shape index (κ3) is 2.10. The van der Waals surface area contributed by atoms with Gasteiger partial charge in [-0.15, -0.1) is 11.6 Å². The average Bonchev–Trinajstić information content (AvgIpc) is 2.16. The number of hydrogen-bond donors (Lipinski definition) is 0. The maximum Gasteiger partial charge on any atom is 0.163 e. The Balaban J connectivity index is 3.22. The largest absolute Gasteiger partial charge is 0.294 e. The summed E-state index contributed by atoms with van der Waals surface area (Å²) >= 11 is 5.75. The highest BCUT2D eigenvalue weighted by atomic mass is 35.5. The standard InChI is InChI=1S/C11H13ClO/c1-3-10(13)11-8(2)5-4-6-9(11)7-12/h4-6H,3,7H2,1-2H3. The molecule has 0 heterocycles. The van der Waals surface area contributed by atoms with Gasteiger partial charge in [-0.3, -0.25) is 4.79 Å². The van der Waals surface area contributed by atoms with E-state index in [0.29, 0.717) is 12.3 Å². The van der Waals surface area contributed by atoms with Crippen molar-refractivity contribution in [2.24, 2.45) is 0 Å². The second-order valence-corrected chi connectivity index (χ2v) is 3.29. The first kappa shape index (κ1) is 10.3. The number of halogens is 1. The molecule has 1 nitrogen and oxygen atoms in total. The molecule has 0 aliphatic rings. The van der Waals surface area contributed by atoms with Gasteiger partial charge in [-0.1, -0.05) is 25.1 Å². The van der Waals surface area contributed by atoms with Crippen molar-refractivity contribution in [3.63, 3.8) is 0 Å². The molecule has 0 unspecified atom stereocenters. The van der Waals surface area contributed by atoms with E-state index in [-0.39, 0.29) is 5.78 Å². The number of Topliss-reactive ketones (excluding diaryl/α,β-unsaturated/α-hetero) is 1. The zero-order valence-corrected chi connectivity index (χ0v) is 8.69. The number of ketones is 1. The van der Waals surface area contributed by atoms with Crippen molar-refractivity contribution >= 4 is 17.4 Å². The van der Waals surface area contributed by atoms with E-state index >= 15 is 0 Å². The molecule has 2 heteroatoms. The molecule has 0 aromatic heterocycles. The molecule has 0 bridgehead atoms.